The van der Waals surface area contributed by atoms with Gasteiger partial charge in [-0.25, -0.2) is 4.39 Å². The largest absolute Gasteiger partial charge is 0.508 e. The van der Waals surface area contributed by atoms with Gasteiger partial charge >= 0.3 is 0 Å². The summed E-state index contributed by atoms with van der Waals surface area (Å²) in [6.45, 7) is 4.30. The van der Waals surface area contributed by atoms with E-state index in [-0.39, 0.29) is 11.6 Å². The molecule has 122 valence electrons. The second-order valence-electron chi connectivity index (χ2n) is 5.74. The molecule has 2 aromatic carbocycles. The topological polar surface area (TPSA) is 35.9 Å². The summed E-state index contributed by atoms with van der Waals surface area (Å²) >= 11 is 0. The molecule has 1 aliphatic heterocycles. The molecule has 1 saturated heterocycles. The van der Waals surface area contributed by atoms with Crippen molar-refractivity contribution in [2.24, 2.45) is 0 Å². The number of phenolic OH excluding ortho intramolecular Hbond substituents is 1. The number of phenols is 1. The first-order valence-electron chi connectivity index (χ1n) is 7.74. The van der Waals surface area contributed by atoms with Crippen LogP contribution in [0.15, 0.2) is 42.5 Å². The van der Waals surface area contributed by atoms with E-state index in [1.54, 1.807) is 31.4 Å². The van der Waals surface area contributed by atoms with Crippen LogP contribution in [0.5, 0.6) is 11.5 Å². The first-order chi connectivity index (χ1) is 11.2. The number of hydrogen-bond donors (Lipinski definition) is 1. The maximum Gasteiger partial charge on any atom is 0.123 e. The summed E-state index contributed by atoms with van der Waals surface area (Å²) in [5.41, 5.74) is 2.00. The molecule has 0 radical (unpaired) electrons. The van der Waals surface area contributed by atoms with Crippen molar-refractivity contribution in [1.29, 1.82) is 0 Å². The molecule has 0 amide bonds. The van der Waals surface area contributed by atoms with Crippen LogP contribution in [0, 0.1) is 5.82 Å². The van der Waals surface area contributed by atoms with Gasteiger partial charge in [0.15, 0.2) is 0 Å². The van der Waals surface area contributed by atoms with Crippen molar-refractivity contribution in [3.8, 4) is 11.5 Å². The standard InChI is InChI=1S/C18H21FN2O2/c1-23-18-7-2-15(19)12-14(18)13-20-8-10-21(11-9-20)16-3-5-17(22)6-4-16/h2-7,12,22H,8-11,13H2,1H3. The molecule has 5 heteroatoms. The average molecular weight is 316 g/mol. The molecule has 0 aliphatic carbocycles. The summed E-state index contributed by atoms with van der Waals surface area (Å²) < 4.78 is 18.8. The highest BCUT2D eigenvalue weighted by molar-refractivity contribution is 5.49. The minimum Gasteiger partial charge on any atom is -0.508 e. The van der Waals surface area contributed by atoms with Crippen LogP contribution in [0.3, 0.4) is 0 Å². The molecule has 1 heterocycles. The first kappa shape index (κ1) is 15.6. The van der Waals surface area contributed by atoms with E-state index in [2.05, 4.69) is 9.80 Å². The highest BCUT2D eigenvalue weighted by Crippen LogP contribution is 2.23. The minimum absolute atomic E-state index is 0.233. The van der Waals surface area contributed by atoms with Crippen molar-refractivity contribution in [2.75, 3.05) is 38.2 Å². The lowest BCUT2D eigenvalue weighted by atomic mass is 10.1. The van der Waals surface area contributed by atoms with E-state index in [0.29, 0.717) is 6.54 Å². The minimum atomic E-state index is -0.233. The number of aromatic hydroxyl groups is 1. The summed E-state index contributed by atoms with van der Waals surface area (Å²) in [6.07, 6.45) is 0. The van der Waals surface area contributed by atoms with Gasteiger partial charge in [0.2, 0.25) is 0 Å². The van der Waals surface area contributed by atoms with E-state index in [1.807, 2.05) is 12.1 Å². The van der Waals surface area contributed by atoms with Gasteiger partial charge in [-0.3, -0.25) is 4.90 Å². The van der Waals surface area contributed by atoms with Gasteiger partial charge < -0.3 is 14.7 Å². The molecule has 0 atom stereocenters. The van der Waals surface area contributed by atoms with Crippen LogP contribution in [-0.4, -0.2) is 43.3 Å². The number of piperazine rings is 1. The van der Waals surface area contributed by atoms with E-state index >= 15 is 0 Å². The molecule has 0 unspecified atom stereocenters. The molecule has 0 aromatic heterocycles. The normalized spacial score (nSPS) is 15.7. The van der Waals surface area contributed by atoms with Crippen LogP contribution in [0.25, 0.3) is 0 Å². The molecule has 1 N–H and O–H groups in total. The number of nitrogens with zero attached hydrogens (tertiary/aromatic N) is 2. The zero-order chi connectivity index (χ0) is 16.2. The van der Waals surface area contributed by atoms with Gasteiger partial charge in [-0.1, -0.05) is 0 Å². The quantitative estimate of drug-likeness (QED) is 0.941. The molecular formula is C18H21FN2O2. The Hall–Kier alpha value is -2.27. The molecular weight excluding hydrogens is 295 g/mol. The summed E-state index contributed by atoms with van der Waals surface area (Å²) in [7, 11) is 1.61. The van der Waals surface area contributed by atoms with Crippen LogP contribution in [0.4, 0.5) is 10.1 Å². The third kappa shape index (κ3) is 3.74. The summed E-state index contributed by atoms with van der Waals surface area (Å²) in [4.78, 5) is 4.59. The van der Waals surface area contributed by atoms with Gasteiger partial charge in [0.05, 0.1) is 7.11 Å². The molecule has 23 heavy (non-hydrogen) atoms. The fraction of sp³-hybridized carbons (Fsp3) is 0.333. The Balaban J connectivity index is 1.61. The lowest BCUT2D eigenvalue weighted by Gasteiger charge is -2.36. The molecule has 0 saturated carbocycles. The maximum absolute atomic E-state index is 13.5. The maximum atomic E-state index is 13.5. The highest BCUT2D eigenvalue weighted by Gasteiger charge is 2.18. The number of halogens is 1. The van der Waals surface area contributed by atoms with Gasteiger partial charge in [-0.05, 0) is 42.5 Å². The van der Waals surface area contributed by atoms with Gasteiger partial charge in [0.1, 0.15) is 17.3 Å². The van der Waals surface area contributed by atoms with Gasteiger partial charge in [0.25, 0.3) is 0 Å². The fourth-order valence-corrected chi connectivity index (χ4v) is 2.94. The zero-order valence-electron chi connectivity index (χ0n) is 13.2. The summed E-state index contributed by atoms with van der Waals surface area (Å²) in [5, 5.41) is 9.36. The van der Waals surface area contributed by atoms with Crippen molar-refractivity contribution in [1.82, 2.24) is 4.90 Å². The third-order valence-corrected chi connectivity index (χ3v) is 4.22. The Bertz CT molecular complexity index is 653. The molecule has 1 fully saturated rings. The fourth-order valence-electron chi connectivity index (χ4n) is 2.94. The smallest absolute Gasteiger partial charge is 0.123 e. The van der Waals surface area contributed by atoms with Crippen LogP contribution in [0.2, 0.25) is 0 Å². The van der Waals surface area contributed by atoms with Crippen molar-refractivity contribution < 1.29 is 14.2 Å². The van der Waals surface area contributed by atoms with Crippen LogP contribution in [-0.2, 0) is 6.54 Å². The lowest BCUT2D eigenvalue weighted by Crippen LogP contribution is -2.46. The Kier molecular flexibility index (Phi) is 4.67. The number of methoxy groups -OCH3 is 1. The van der Waals surface area contributed by atoms with Crippen LogP contribution >= 0.6 is 0 Å². The zero-order valence-corrected chi connectivity index (χ0v) is 13.2. The number of ether oxygens (including phenoxy) is 1. The first-order valence-corrected chi connectivity index (χ1v) is 7.74. The number of anilines is 1. The van der Waals surface area contributed by atoms with E-state index in [0.717, 1.165) is 43.2 Å². The average Bonchev–Trinajstić information content (AvgIpc) is 2.57. The molecule has 3 rings (SSSR count). The molecule has 1 aliphatic rings. The van der Waals surface area contributed by atoms with Crippen molar-refractivity contribution in [3.63, 3.8) is 0 Å². The summed E-state index contributed by atoms with van der Waals surface area (Å²) in [6, 6.07) is 11.9. The summed E-state index contributed by atoms with van der Waals surface area (Å²) in [5.74, 6) is 0.779. The van der Waals surface area contributed by atoms with Crippen LogP contribution < -0.4 is 9.64 Å². The SMILES string of the molecule is COc1ccc(F)cc1CN1CCN(c2ccc(O)cc2)CC1. The van der Waals surface area contributed by atoms with Gasteiger partial charge in [-0.15, -0.1) is 0 Å². The van der Waals surface area contributed by atoms with E-state index in [9.17, 15) is 9.50 Å². The number of rotatable bonds is 4. The monoisotopic (exact) mass is 316 g/mol. The lowest BCUT2D eigenvalue weighted by molar-refractivity contribution is 0.245. The van der Waals surface area contributed by atoms with E-state index in [1.165, 1.54) is 6.07 Å². The van der Waals surface area contributed by atoms with Crippen molar-refractivity contribution in [2.45, 2.75) is 6.54 Å². The Morgan fingerprint density at radius 2 is 1.74 bits per heavy atom. The molecule has 0 bridgehead atoms. The highest BCUT2D eigenvalue weighted by atomic mass is 19.1. The number of hydrogen-bond acceptors (Lipinski definition) is 4. The molecule has 0 spiro atoms. The Morgan fingerprint density at radius 3 is 2.39 bits per heavy atom. The Morgan fingerprint density at radius 1 is 1.04 bits per heavy atom. The van der Waals surface area contributed by atoms with Crippen LogP contribution in [0.1, 0.15) is 5.56 Å². The van der Waals surface area contributed by atoms with E-state index < -0.39 is 0 Å². The molecule has 4 nitrogen and oxygen atoms in total. The van der Waals surface area contributed by atoms with Crippen molar-refractivity contribution in [3.05, 3.63) is 53.8 Å². The van der Waals surface area contributed by atoms with Crippen molar-refractivity contribution >= 4 is 5.69 Å². The van der Waals surface area contributed by atoms with E-state index in [4.69, 9.17) is 4.74 Å². The predicted molar refractivity (Wildman–Crippen MR) is 88.5 cm³/mol. The predicted octanol–water partition coefficient (Wildman–Crippen LogP) is 2.86. The molecule has 2 aromatic rings. The number of benzene rings is 2. The second-order valence-corrected chi connectivity index (χ2v) is 5.74. The third-order valence-electron chi connectivity index (χ3n) is 4.22. The second kappa shape index (κ2) is 6.87. The van der Waals surface area contributed by atoms with Gasteiger partial charge in [0, 0.05) is 44.0 Å². The Labute approximate surface area is 135 Å². The van der Waals surface area contributed by atoms with Gasteiger partial charge in [-0.2, -0.15) is 0 Å².